The average Bonchev–Trinajstić information content (AvgIpc) is 2.59. The maximum Gasteiger partial charge on any atom is 0.284 e. The fourth-order valence-corrected chi connectivity index (χ4v) is 1.19. The molecule has 1 amide bonds. The molecule has 1 aromatic heterocycles. The first-order valence-corrected chi connectivity index (χ1v) is 3.88. The van der Waals surface area contributed by atoms with Gasteiger partial charge in [-0.1, -0.05) is 0 Å². The topological polar surface area (TPSA) is 88.8 Å². The lowest BCUT2D eigenvalue weighted by Crippen LogP contribution is -2.12. The first kappa shape index (κ1) is 8.43. The van der Waals surface area contributed by atoms with Gasteiger partial charge in [-0.25, -0.2) is 4.98 Å². The standard InChI is InChI=1S/C9H6N3O2/c10-8(14)9-11-6-2-1-5(4-13)3-7(6)12-9/h1-3H,(H2,10,14)(H,11,12). The number of hydrogen-bond donors (Lipinski definition) is 2. The van der Waals surface area contributed by atoms with E-state index in [1.54, 1.807) is 18.4 Å². The van der Waals surface area contributed by atoms with E-state index in [0.717, 1.165) is 0 Å². The summed E-state index contributed by atoms with van der Waals surface area (Å²) in [6.45, 7) is 0. The summed E-state index contributed by atoms with van der Waals surface area (Å²) in [7, 11) is 0. The molecule has 69 valence electrons. The van der Waals surface area contributed by atoms with E-state index in [0.29, 0.717) is 16.6 Å². The van der Waals surface area contributed by atoms with E-state index >= 15 is 0 Å². The molecule has 0 spiro atoms. The Balaban J connectivity index is 2.65. The molecule has 5 heteroatoms. The monoisotopic (exact) mass is 188 g/mol. The molecule has 0 fully saturated rings. The molecule has 0 aliphatic carbocycles. The summed E-state index contributed by atoms with van der Waals surface area (Å²) in [5.41, 5.74) is 6.62. The van der Waals surface area contributed by atoms with Crippen LogP contribution in [0.1, 0.15) is 16.2 Å². The zero-order valence-electron chi connectivity index (χ0n) is 7.07. The lowest BCUT2D eigenvalue weighted by molar-refractivity contribution is 0.0991. The first-order valence-electron chi connectivity index (χ1n) is 3.88. The Bertz CT molecular complexity index is 516. The second-order valence-electron chi connectivity index (χ2n) is 2.78. The van der Waals surface area contributed by atoms with Crippen molar-refractivity contribution in [2.75, 3.05) is 0 Å². The predicted molar refractivity (Wildman–Crippen MR) is 49.4 cm³/mol. The summed E-state index contributed by atoms with van der Waals surface area (Å²) in [6, 6.07) is 4.76. The number of hydrogen-bond acceptors (Lipinski definition) is 3. The number of nitrogens with one attached hydrogen (secondary N) is 1. The molecule has 0 atom stereocenters. The smallest absolute Gasteiger partial charge is 0.284 e. The Morgan fingerprint density at radius 2 is 2.29 bits per heavy atom. The molecule has 0 aliphatic heterocycles. The van der Waals surface area contributed by atoms with Crippen LogP contribution < -0.4 is 5.73 Å². The second-order valence-corrected chi connectivity index (χ2v) is 2.78. The lowest BCUT2D eigenvalue weighted by Gasteiger charge is -1.87. The van der Waals surface area contributed by atoms with E-state index in [9.17, 15) is 9.59 Å². The Morgan fingerprint density at radius 3 is 2.93 bits per heavy atom. The largest absolute Gasteiger partial charge is 0.363 e. The molecule has 0 saturated carbocycles. The van der Waals surface area contributed by atoms with Crippen molar-refractivity contribution in [2.24, 2.45) is 5.73 Å². The number of aromatic nitrogens is 2. The number of carbonyl (C=O) groups is 1. The van der Waals surface area contributed by atoms with E-state index in [1.807, 2.05) is 0 Å². The van der Waals surface area contributed by atoms with Gasteiger partial charge in [0.05, 0.1) is 11.0 Å². The van der Waals surface area contributed by atoms with Crippen molar-refractivity contribution < 1.29 is 9.59 Å². The third-order valence-electron chi connectivity index (χ3n) is 1.83. The van der Waals surface area contributed by atoms with Crippen molar-refractivity contribution >= 4 is 23.2 Å². The number of amides is 1. The number of rotatable bonds is 2. The van der Waals surface area contributed by atoms with Gasteiger partial charge in [0.25, 0.3) is 5.91 Å². The SMILES string of the molecule is NC(=O)c1nc2cc([C]=O)ccc2[nH]1. The highest BCUT2D eigenvalue weighted by molar-refractivity contribution is 5.94. The number of carbonyl (C=O) groups excluding carboxylic acids is 2. The molecule has 2 aromatic rings. The summed E-state index contributed by atoms with van der Waals surface area (Å²) >= 11 is 0. The molecule has 0 unspecified atom stereocenters. The van der Waals surface area contributed by atoms with Crippen LogP contribution >= 0.6 is 0 Å². The molecular weight excluding hydrogens is 182 g/mol. The van der Waals surface area contributed by atoms with E-state index in [1.165, 1.54) is 6.07 Å². The summed E-state index contributed by atoms with van der Waals surface area (Å²) in [6.07, 6.45) is 1.74. The zero-order chi connectivity index (χ0) is 10.1. The molecule has 3 N–H and O–H groups in total. The van der Waals surface area contributed by atoms with E-state index < -0.39 is 5.91 Å². The van der Waals surface area contributed by atoms with Crippen LogP contribution in [0.4, 0.5) is 0 Å². The molecule has 5 nitrogen and oxygen atoms in total. The minimum atomic E-state index is -0.627. The van der Waals surface area contributed by atoms with Crippen LogP contribution in [-0.2, 0) is 4.79 Å². The minimum Gasteiger partial charge on any atom is -0.363 e. The summed E-state index contributed by atoms with van der Waals surface area (Å²) in [5, 5.41) is 0. The van der Waals surface area contributed by atoms with E-state index in [2.05, 4.69) is 9.97 Å². The molecule has 14 heavy (non-hydrogen) atoms. The van der Waals surface area contributed by atoms with Gasteiger partial charge in [0.15, 0.2) is 5.82 Å². The van der Waals surface area contributed by atoms with Gasteiger partial charge in [0, 0.05) is 5.56 Å². The van der Waals surface area contributed by atoms with Crippen molar-refractivity contribution in [2.45, 2.75) is 0 Å². The van der Waals surface area contributed by atoms with Crippen molar-refractivity contribution in [3.05, 3.63) is 29.6 Å². The molecule has 1 radical (unpaired) electrons. The van der Waals surface area contributed by atoms with Crippen molar-refractivity contribution in [1.29, 1.82) is 0 Å². The van der Waals surface area contributed by atoms with Crippen LogP contribution in [0.25, 0.3) is 11.0 Å². The molecule has 1 heterocycles. The number of nitrogens with two attached hydrogens (primary N) is 1. The summed E-state index contributed by atoms with van der Waals surface area (Å²) < 4.78 is 0. The van der Waals surface area contributed by atoms with E-state index in [4.69, 9.17) is 5.73 Å². The Labute approximate surface area is 78.9 Å². The summed E-state index contributed by atoms with van der Waals surface area (Å²) in [4.78, 5) is 27.8. The van der Waals surface area contributed by atoms with Gasteiger partial charge in [-0.15, -0.1) is 0 Å². The molecule has 0 aliphatic rings. The highest BCUT2D eigenvalue weighted by Gasteiger charge is 2.07. The van der Waals surface area contributed by atoms with Gasteiger partial charge in [-0.05, 0) is 18.2 Å². The van der Waals surface area contributed by atoms with Gasteiger partial charge >= 0.3 is 0 Å². The van der Waals surface area contributed by atoms with E-state index in [-0.39, 0.29) is 5.82 Å². The minimum absolute atomic E-state index is 0.0862. The number of nitrogens with zero attached hydrogens (tertiary/aromatic N) is 1. The average molecular weight is 188 g/mol. The Kier molecular flexibility index (Phi) is 1.78. The van der Waals surface area contributed by atoms with Gasteiger partial charge in [-0.3, -0.25) is 9.59 Å². The molecule has 0 bridgehead atoms. The van der Waals surface area contributed by atoms with Crippen LogP contribution in [0.2, 0.25) is 0 Å². The zero-order valence-corrected chi connectivity index (χ0v) is 7.07. The second kappa shape index (κ2) is 2.95. The number of benzene rings is 1. The third-order valence-corrected chi connectivity index (χ3v) is 1.83. The normalized spacial score (nSPS) is 10.3. The quantitative estimate of drug-likeness (QED) is 0.701. The van der Waals surface area contributed by atoms with Crippen LogP contribution in [0.5, 0.6) is 0 Å². The molecule has 1 aromatic carbocycles. The van der Waals surface area contributed by atoms with Crippen LogP contribution in [0.15, 0.2) is 18.2 Å². The number of H-pyrrole nitrogens is 1. The van der Waals surface area contributed by atoms with Crippen molar-refractivity contribution in [3.63, 3.8) is 0 Å². The number of fused-ring (bicyclic) bond motifs is 1. The van der Waals surface area contributed by atoms with Gasteiger partial charge in [0.2, 0.25) is 6.29 Å². The van der Waals surface area contributed by atoms with Crippen LogP contribution in [-0.4, -0.2) is 22.2 Å². The third kappa shape index (κ3) is 1.24. The maximum atomic E-state index is 10.8. The number of aromatic amines is 1. The Hall–Kier alpha value is -2.17. The van der Waals surface area contributed by atoms with Gasteiger partial charge < -0.3 is 10.7 Å². The maximum absolute atomic E-state index is 10.8. The highest BCUT2D eigenvalue weighted by atomic mass is 16.1. The predicted octanol–water partition coefficient (Wildman–Crippen LogP) is 0.120. The van der Waals surface area contributed by atoms with Gasteiger partial charge in [-0.2, -0.15) is 0 Å². The fourth-order valence-electron chi connectivity index (χ4n) is 1.19. The molecule has 2 rings (SSSR count). The molecular formula is C9H6N3O2. The number of primary amides is 1. The lowest BCUT2D eigenvalue weighted by atomic mass is 10.2. The van der Waals surface area contributed by atoms with Crippen LogP contribution in [0.3, 0.4) is 0 Å². The molecule has 0 saturated heterocycles. The summed E-state index contributed by atoms with van der Waals surface area (Å²) in [5.74, 6) is -0.541. The fraction of sp³-hybridized carbons (Fsp3) is 0. The Morgan fingerprint density at radius 1 is 1.50 bits per heavy atom. The first-order chi connectivity index (χ1) is 6.70. The van der Waals surface area contributed by atoms with Crippen molar-refractivity contribution in [1.82, 2.24) is 9.97 Å². The number of imidazole rings is 1. The highest BCUT2D eigenvalue weighted by Crippen LogP contribution is 2.12. The van der Waals surface area contributed by atoms with Gasteiger partial charge in [0.1, 0.15) is 0 Å². The van der Waals surface area contributed by atoms with Crippen molar-refractivity contribution in [3.8, 4) is 0 Å². The van der Waals surface area contributed by atoms with Crippen LogP contribution in [0, 0.1) is 0 Å².